The van der Waals surface area contributed by atoms with Crippen LogP contribution in [-0.2, 0) is 10.0 Å². The van der Waals surface area contributed by atoms with E-state index in [1.807, 2.05) is 13.8 Å². The lowest BCUT2D eigenvalue weighted by Crippen LogP contribution is -2.39. The molecular formula is C15H21F3N2O3S. The van der Waals surface area contributed by atoms with E-state index < -0.39 is 38.9 Å². The molecule has 1 N–H and O–H groups in total. The number of sulfonamides is 1. The lowest BCUT2D eigenvalue weighted by Gasteiger charge is -2.21. The molecule has 1 aromatic rings. The van der Waals surface area contributed by atoms with Gasteiger partial charge >= 0.3 is 0 Å². The van der Waals surface area contributed by atoms with Crippen LogP contribution in [0.25, 0.3) is 0 Å². The topological polar surface area (TPSA) is 66.5 Å². The van der Waals surface area contributed by atoms with Gasteiger partial charge in [0, 0.05) is 19.6 Å². The summed E-state index contributed by atoms with van der Waals surface area (Å²) in [5.74, 6) is -5.32. The molecule has 0 fully saturated rings. The molecule has 1 aromatic carbocycles. The number of amides is 1. The van der Waals surface area contributed by atoms with Crippen LogP contribution in [0.2, 0.25) is 0 Å². The van der Waals surface area contributed by atoms with Gasteiger partial charge in [0.1, 0.15) is 0 Å². The van der Waals surface area contributed by atoms with Gasteiger partial charge < -0.3 is 5.32 Å². The quantitative estimate of drug-likeness (QED) is 0.717. The third-order valence-electron chi connectivity index (χ3n) is 3.35. The molecule has 0 heterocycles. The van der Waals surface area contributed by atoms with Crippen LogP contribution in [0.3, 0.4) is 0 Å². The molecular weight excluding hydrogens is 345 g/mol. The summed E-state index contributed by atoms with van der Waals surface area (Å²) >= 11 is 0. The van der Waals surface area contributed by atoms with Crippen LogP contribution in [0.4, 0.5) is 13.2 Å². The highest BCUT2D eigenvalue weighted by Gasteiger charge is 2.20. The van der Waals surface area contributed by atoms with Crippen molar-refractivity contribution >= 4 is 15.9 Å². The maximum absolute atomic E-state index is 13.5. The second-order valence-corrected chi connectivity index (χ2v) is 7.81. The van der Waals surface area contributed by atoms with Crippen LogP contribution >= 0.6 is 0 Å². The predicted octanol–water partition coefficient (Wildman–Crippen LogP) is 2.14. The van der Waals surface area contributed by atoms with Gasteiger partial charge in [0.05, 0.1) is 11.8 Å². The summed E-state index contributed by atoms with van der Waals surface area (Å²) < 4.78 is 64.1. The van der Waals surface area contributed by atoms with Crippen molar-refractivity contribution in [1.82, 2.24) is 9.62 Å². The zero-order valence-electron chi connectivity index (χ0n) is 13.8. The van der Waals surface area contributed by atoms with Gasteiger partial charge in [-0.3, -0.25) is 4.79 Å². The largest absolute Gasteiger partial charge is 0.351 e. The number of hydrogen-bond acceptors (Lipinski definition) is 3. The molecule has 1 amide bonds. The Bertz CT molecular complexity index is 693. The molecule has 0 saturated carbocycles. The molecule has 0 radical (unpaired) electrons. The number of hydrogen-bond donors (Lipinski definition) is 1. The number of carbonyl (C=O) groups is 1. The third kappa shape index (κ3) is 5.79. The number of nitrogens with zero attached hydrogens (tertiary/aromatic N) is 1. The van der Waals surface area contributed by atoms with E-state index in [1.165, 1.54) is 4.31 Å². The smallest absolute Gasteiger partial charge is 0.254 e. The molecule has 0 spiro atoms. The Morgan fingerprint density at radius 2 is 1.79 bits per heavy atom. The first-order valence-corrected chi connectivity index (χ1v) is 9.25. The van der Waals surface area contributed by atoms with Gasteiger partial charge in [-0.1, -0.05) is 13.8 Å². The van der Waals surface area contributed by atoms with Gasteiger partial charge in [0.15, 0.2) is 17.5 Å². The molecule has 0 atom stereocenters. The van der Waals surface area contributed by atoms with Gasteiger partial charge in [-0.05, 0) is 24.5 Å². The molecule has 0 aliphatic heterocycles. The van der Waals surface area contributed by atoms with Crippen molar-refractivity contribution in [3.8, 4) is 0 Å². The van der Waals surface area contributed by atoms with Crippen LogP contribution in [0.15, 0.2) is 12.1 Å². The Labute approximate surface area is 139 Å². The van der Waals surface area contributed by atoms with Gasteiger partial charge in [-0.15, -0.1) is 0 Å². The molecule has 1 rings (SSSR count). The molecule has 9 heteroatoms. The predicted molar refractivity (Wildman–Crippen MR) is 84.5 cm³/mol. The van der Waals surface area contributed by atoms with Crippen molar-refractivity contribution in [2.45, 2.75) is 20.3 Å². The fourth-order valence-corrected chi connectivity index (χ4v) is 2.80. The van der Waals surface area contributed by atoms with Crippen molar-refractivity contribution < 1.29 is 26.4 Å². The van der Waals surface area contributed by atoms with Gasteiger partial charge in [0.2, 0.25) is 10.0 Å². The highest BCUT2D eigenvalue weighted by atomic mass is 32.2. The number of rotatable bonds is 8. The number of nitrogens with one attached hydrogen (secondary N) is 1. The van der Waals surface area contributed by atoms with E-state index >= 15 is 0 Å². The third-order valence-corrected chi connectivity index (χ3v) is 4.65. The van der Waals surface area contributed by atoms with Gasteiger partial charge in [-0.25, -0.2) is 25.9 Å². The van der Waals surface area contributed by atoms with Crippen LogP contribution in [0, 0.1) is 23.4 Å². The summed E-state index contributed by atoms with van der Waals surface area (Å²) in [6.45, 7) is 4.12. The molecule has 0 aromatic heterocycles. The highest BCUT2D eigenvalue weighted by Crippen LogP contribution is 2.15. The van der Waals surface area contributed by atoms with Crippen molar-refractivity contribution in [2.24, 2.45) is 5.92 Å². The Balaban J connectivity index is 2.67. The normalized spacial score (nSPS) is 12.0. The van der Waals surface area contributed by atoms with Crippen molar-refractivity contribution in [3.05, 3.63) is 35.1 Å². The average molecular weight is 366 g/mol. The van der Waals surface area contributed by atoms with Crippen molar-refractivity contribution in [1.29, 1.82) is 0 Å². The monoisotopic (exact) mass is 366 g/mol. The molecule has 0 aliphatic carbocycles. The summed E-state index contributed by atoms with van der Waals surface area (Å²) in [7, 11) is -3.45. The zero-order valence-corrected chi connectivity index (χ0v) is 14.6. The lowest BCUT2D eigenvalue weighted by atomic mass is 10.1. The number of benzene rings is 1. The van der Waals surface area contributed by atoms with E-state index in [0.29, 0.717) is 24.9 Å². The summed E-state index contributed by atoms with van der Waals surface area (Å²) in [5.41, 5.74) is -0.637. The first kappa shape index (κ1) is 20.4. The minimum Gasteiger partial charge on any atom is -0.351 e. The van der Waals surface area contributed by atoms with Gasteiger partial charge in [0.25, 0.3) is 5.91 Å². The van der Waals surface area contributed by atoms with Crippen molar-refractivity contribution in [2.75, 3.05) is 25.9 Å². The first-order valence-electron chi connectivity index (χ1n) is 7.40. The fourth-order valence-electron chi connectivity index (χ4n) is 1.94. The number of halogens is 3. The van der Waals surface area contributed by atoms with E-state index in [9.17, 15) is 26.4 Å². The van der Waals surface area contributed by atoms with Crippen LogP contribution in [-0.4, -0.2) is 44.5 Å². The Morgan fingerprint density at radius 1 is 1.17 bits per heavy atom. The molecule has 0 unspecified atom stereocenters. The zero-order chi connectivity index (χ0) is 18.5. The van der Waals surface area contributed by atoms with Gasteiger partial charge in [-0.2, -0.15) is 0 Å². The summed E-state index contributed by atoms with van der Waals surface area (Å²) in [6.07, 6.45) is 1.71. The van der Waals surface area contributed by atoms with Crippen LogP contribution in [0.1, 0.15) is 30.6 Å². The summed E-state index contributed by atoms with van der Waals surface area (Å²) in [6, 6.07) is 1.48. The van der Waals surface area contributed by atoms with E-state index in [2.05, 4.69) is 5.32 Å². The Kier molecular flexibility index (Phi) is 7.22. The molecule has 0 aliphatic rings. The van der Waals surface area contributed by atoms with Crippen LogP contribution in [0.5, 0.6) is 0 Å². The SMILES string of the molecule is CC(C)CCN(CCNC(=O)c1ccc(F)c(F)c1F)S(C)(=O)=O. The second-order valence-electron chi connectivity index (χ2n) is 5.82. The fraction of sp³-hybridized carbons (Fsp3) is 0.533. The molecule has 0 bridgehead atoms. The van der Waals surface area contributed by atoms with E-state index in [-0.39, 0.29) is 13.1 Å². The highest BCUT2D eigenvalue weighted by molar-refractivity contribution is 7.88. The first-order chi connectivity index (χ1) is 11.0. The average Bonchev–Trinajstić information content (AvgIpc) is 2.46. The van der Waals surface area contributed by atoms with E-state index in [4.69, 9.17) is 0 Å². The Morgan fingerprint density at radius 3 is 2.33 bits per heavy atom. The maximum Gasteiger partial charge on any atom is 0.254 e. The Hall–Kier alpha value is -1.61. The second kappa shape index (κ2) is 8.48. The van der Waals surface area contributed by atoms with E-state index in [0.717, 1.165) is 12.3 Å². The molecule has 5 nitrogen and oxygen atoms in total. The number of carbonyl (C=O) groups excluding carboxylic acids is 1. The summed E-state index contributed by atoms with van der Waals surface area (Å²) in [4.78, 5) is 11.8. The minimum atomic E-state index is -3.45. The minimum absolute atomic E-state index is 0.00257. The summed E-state index contributed by atoms with van der Waals surface area (Å²) in [5, 5.41) is 2.30. The standard InChI is InChI=1S/C15H21F3N2O3S/c1-10(2)6-8-20(24(3,22)23)9-7-19-15(21)11-4-5-12(16)14(18)13(11)17/h4-5,10H,6-9H2,1-3H3,(H,19,21). The van der Waals surface area contributed by atoms with Crippen molar-refractivity contribution in [3.63, 3.8) is 0 Å². The molecule has 0 saturated heterocycles. The molecule has 24 heavy (non-hydrogen) atoms. The molecule has 136 valence electrons. The maximum atomic E-state index is 13.5. The lowest BCUT2D eigenvalue weighted by molar-refractivity contribution is 0.0946. The van der Waals surface area contributed by atoms with Crippen LogP contribution < -0.4 is 5.32 Å². The van der Waals surface area contributed by atoms with E-state index in [1.54, 1.807) is 0 Å².